The SMILES string of the molecule is C=CCN(C(=O)C1N([C@@H](CO)Cc2ccccc2)C(=O)[C@@H]2[C@H](C(=O)N(CC=C)c3ccccc3)[C@]3(CC)CCC12O3)c1ccc(OC)cc1. The molecule has 0 aromatic heterocycles. The number of anilines is 2. The van der Waals surface area contributed by atoms with Gasteiger partial charge in [-0.3, -0.25) is 14.4 Å². The Balaban J connectivity index is 1.49. The van der Waals surface area contributed by atoms with Gasteiger partial charge in [0, 0.05) is 24.5 Å². The lowest BCUT2D eigenvalue weighted by Gasteiger charge is -2.39. The number of hydrogen-bond acceptors (Lipinski definition) is 6. The molecule has 9 nitrogen and oxygen atoms in total. The number of aliphatic hydroxyl groups excluding tert-OH is 1. The van der Waals surface area contributed by atoms with Gasteiger partial charge in [0.1, 0.15) is 17.4 Å². The minimum absolute atomic E-state index is 0.176. The van der Waals surface area contributed by atoms with Crippen molar-refractivity contribution in [3.63, 3.8) is 0 Å². The number of methoxy groups -OCH3 is 1. The number of carbonyl (C=O) groups is 3. The Hall–Kier alpha value is -4.73. The molecule has 3 aromatic rings. The molecule has 0 aliphatic carbocycles. The first kappa shape index (κ1) is 34.1. The van der Waals surface area contributed by atoms with E-state index in [0.717, 1.165) is 5.56 Å². The number of hydrogen-bond donors (Lipinski definition) is 1. The second-order valence-corrected chi connectivity index (χ2v) is 13.1. The van der Waals surface area contributed by atoms with E-state index in [9.17, 15) is 9.90 Å². The van der Waals surface area contributed by atoms with Gasteiger partial charge in [-0.1, -0.05) is 67.6 Å². The van der Waals surface area contributed by atoms with Crippen molar-refractivity contribution in [1.29, 1.82) is 0 Å². The number of benzene rings is 3. The lowest BCUT2D eigenvalue weighted by Crippen LogP contribution is -2.59. The first-order chi connectivity index (χ1) is 23.8. The van der Waals surface area contributed by atoms with E-state index in [1.165, 1.54) is 0 Å². The fourth-order valence-electron chi connectivity index (χ4n) is 8.43. The van der Waals surface area contributed by atoms with Crippen LogP contribution in [-0.4, -0.2) is 77.8 Å². The Kier molecular flexibility index (Phi) is 9.77. The van der Waals surface area contributed by atoms with Crippen LogP contribution in [0.3, 0.4) is 0 Å². The average molecular weight is 664 g/mol. The van der Waals surface area contributed by atoms with E-state index in [-0.39, 0.29) is 37.4 Å². The predicted octanol–water partition coefficient (Wildman–Crippen LogP) is 5.19. The number of likely N-dealkylation sites (tertiary alicyclic amines) is 1. The van der Waals surface area contributed by atoms with Crippen LogP contribution >= 0.6 is 0 Å². The van der Waals surface area contributed by atoms with Crippen molar-refractivity contribution in [3.05, 3.63) is 116 Å². The maximum absolute atomic E-state index is 15.2. The largest absolute Gasteiger partial charge is 0.497 e. The minimum atomic E-state index is -1.28. The van der Waals surface area contributed by atoms with Gasteiger partial charge in [-0.2, -0.15) is 0 Å². The smallest absolute Gasteiger partial charge is 0.253 e. The Morgan fingerprint density at radius 2 is 1.53 bits per heavy atom. The van der Waals surface area contributed by atoms with Gasteiger partial charge in [-0.25, -0.2) is 0 Å². The van der Waals surface area contributed by atoms with E-state index >= 15 is 9.59 Å². The molecule has 3 amide bonds. The molecule has 0 saturated carbocycles. The number of fused-ring (bicyclic) bond motifs is 1. The molecule has 9 heteroatoms. The second kappa shape index (κ2) is 14.0. The summed E-state index contributed by atoms with van der Waals surface area (Å²) in [6.45, 7) is 9.85. The molecule has 49 heavy (non-hydrogen) atoms. The van der Waals surface area contributed by atoms with E-state index in [0.29, 0.717) is 42.8 Å². The number of rotatable bonds is 14. The zero-order chi connectivity index (χ0) is 34.8. The van der Waals surface area contributed by atoms with Crippen LogP contribution in [0.4, 0.5) is 11.4 Å². The summed E-state index contributed by atoms with van der Waals surface area (Å²) in [4.78, 5) is 49.9. The van der Waals surface area contributed by atoms with Gasteiger partial charge in [0.05, 0.1) is 37.2 Å². The normalized spacial score (nSPS) is 25.8. The number of amides is 3. The summed E-state index contributed by atoms with van der Waals surface area (Å²) in [5.41, 5.74) is -0.00463. The molecule has 3 aliphatic heterocycles. The quantitative estimate of drug-likeness (QED) is 0.239. The first-order valence-electron chi connectivity index (χ1n) is 17.0. The van der Waals surface area contributed by atoms with Crippen LogP contribution in [0.15, 0.2) is 110 Å². The van der Waals surface area contributed by atoms with Crippen molar-refractivity contribution >= 4 is 29.1 Å². The Bertz CT molecular complexity index is 1680. The Morgan fingerprint density at radius 3 is 2.10 bits per heavy atom. The second-order valence-electron chi connectivity index (χ2n) is 13.1. The highest BCUT2D eigenvalue weighted by Crippen LogP contribution is 2.65. The van der Waals surface area contributed by atoms with Crippen LogP contribution in [0.2, 0.25) is 0 Å². The molecule has 3 fully saturated rings. The molecule has 3 heterocycles. The third kappa shape index (κ3) is 5.74. The van der Waals surface area contributed by atoms with Crippen molar-refractivity contribution in [3.8, 4) is 5.75 Å². The van der Waals surface area contributed by atoms with Crippen molar-refractivity contribution < 1.29 is 29.0 Å². The summed E-state index contributed by atoms with van der Waals surface area (Å²) in [5, 5.41) is 10.9. The van der Waals surface area contributed by atoms with Crippen LogP contribution < -0.4 is 14.5 Å². The van der Waals surface area contributed by atoms with Crippen molar-refractivity contribution in [1.82, 2.24) is 4.90 Å². The molecule has 2 bridgehead atoms. The highest BCUT2D eigenvalue weighted by Gasteiger charge is 2.79. The highest BCUT2D eigenvalue weighted by atomic mass is 16.5. The molecular formula is C40H45N3O6. The third-order valence-corrected chi connectivity index (χ3v) is 10.6. The fourth-order valence-corrected chi connectivity index (χ4v) is 8.43. The standard InChI is InChI=1S/C40H45N3O6/c1-5-24-41(29-16-12-9-13-17-29)36(45)33-34-37(46)43(31(27-44)26-28-14-10-8-11-15-28)35(40(34)23-22-39(33,7-3)49-40)38(47)42(25-6-2)30-18-20-32(48-4)21-19-30/h5-6,8-21,31,33-35,44H,1-2,7,22-27H2,3-4H3/t31-,33-,34+,35?,39+,40?/m1/s1. The van der Waals surface area contributed by atoms with Crippen molar-refractivity contribution in [2.75, 3.05) is 36.6 Å². The van der Waals surface area contributed by atoms with Gasteiger partial charge in [0.15, 0.2) is 0 Å². The molecule has 3 aromatic carbocycles. The van der Waals surface area contributed by atoms with Crippen molar-refractivity contribution in [2.24, 2.45) is 11.8 Å². The van der Waals surface area contributed by atoms with Gasteiger partial charge in [-0.05, 0) is 67.6 Å². The number of nitrogens with zero attached hydrogens (tertiary/aromatic N) is 3. The average Bonchev–Trinajstić information content (AvgIpc) is 3.75. The number of carbonyl (C=O) groups excluding carboxylic acids is 3. The molecule has 256 valence electrons. The van der Waals surface area contributed by atoms with Gasteiger partial charge in [-0.15, -0.1) is 13.2 Å². The van der Waals surface area contributed by atoms with Gasteiger partial charge >= 0.3 is 0 Å². The lowest BCUT2D eigenvalue weighted by atomic mass is 9.64. The molecule has 1 N–H and O–H groups in total. The van der Waals surface area contributed by atoms with Crippen LogP contribution in [0.1, 0.15) is 31.7 Å². The highest BCUT2D eigenvalue weighted by molar-refractivity contribution is 6.07. The molecule has 6 atom stereocenters. The Morgan fingerprint density at radius 1 is 0.939 bits per heavy atom. The number of aliphatic hydroxyl groups is 1. The maximum atomic E-state index is 15.2. The van der Waals surface area contributed by atoms with Crippen LogP contribution in [0, 0.1) is 11.8 Å². The molecule has 1 spiro atoms. The molecule has 2 unspecified atom stereocenters. The Labute approximate surface area is 288 Å². The summed E-state index contributed by atoms with van der Waals surface area (Å²) in [6, 6.07) is 24.3. The van der Waals surface area contributed by atoms with Gasteiger partial charge in [0.2, 0.25) is 11.8 Å². The number of ether oxygens (including phenoxy) is 2. The van der Waals surface area contributed by atoms with E-state index in [2.05, 4.69) is 13.2 Å². The maximum Gasteiger partial charge on any atom is 0.253 e. The van der Waals surface area contributed by atoms with E-state index in [1.54, 1.807) is 58.2 Å². The summed E-state index contributed by atoms with van der Waals surface area (Å²) in [5.74, 6) is -2.06. The minimum Gasteiger partial charge on any atom is -0.497 e. The summed E-state index contributed by atoms with van der Waals surface area (Å²) < 4.78 is 12.4. The zero-order valence-corrected chi connectivity index (χ0v) is 28.2. The number of para-hydroxylation sites is 1. The molecule has 6 rings (SSSR count). The molecule has 3 saturated heterocycles. The van der Waals surface area contributed by atoms with Crippen molar-refractivity contribution in [2.45, 2.75) is 55.9 Å². The fraction of sp³-hybridized carbons (Fsp3) is 0.375. The molecule has 3 aliphatic rings. The summed E-state index contributed by atoms with van der Waals surface area (Å²) >= 11 is 0. The molecular weight excluding hydrogens is 618 g/mol. The summed E-state index contributed by atoms with van der Waals surface area (Å²) in [6.07, 6.45) is 5.08. The molecule has 0 radical (unpaired) electrons. The van der Waals surface area contributed by atoms with Gasteiger partial charge < -0.3 is 29.3 Å². The monoisotopic (exact) mass is 663 g/mol. The van der Waals surface area contributed by atoms with E-state index < -0.39 is 35.1 Å². The van der Waals surface area contributed by atoms with Crippen LogP contribution in [0.5, 0.6) is 5.75 Å². The lowest BCUT2D eigenvalue weighted by molar-refractivity contribution is -0.149. The first-order valence-corrected chi connectivity index (χ1v) is 17.0. The van der Waals surface area contributed by atoms with Gasteiger partial charge in [0.25, 0.3) is 5.91 Å². The predicted molar refractivity (Wildman–Crippen MR) is 189 cm³/mol. The van der Waals surface area contributed by atoms with E-state index in [1.807, 2.05) is 67.6 Å². The summed E-state index contributed by atoms with van der Waals surface area (Å²) in [7, 11) is 1.58. The van der Waals surface area contributed by atoms with E-state index in [4.69, 9.17) is 9.47 Å². The third-order valence-electron chi connectivity index (χ3n) is 10.6. The topological polar surface area (TPSA) is 99.6 Å². The zero-order valence-electron chi connectivity index (χ0n) is 28.2. The van der Waals surface area contributed by atoms with Crippen LogP contribution in [-0.2, 0) is 25.5 Å². The van der Waals surface area contributed by atoms with Crippen LogP contribution in [0.25, 0.3) is 0 Å².